The maximum Gasteiger partial charge on any atom is 0.408 e. The van der Waals surface area contributed by atoms with Crippen molar-refractivity contribution in [1.82, 2.24) is 10.2 Å². The van der Waals surface area contributed by atoms with Crippen molar-refractivity contribution in [2.45, 2.75) is 31.3 Å². The predicted octanol–water partition coefficient (Wildman–Crippen LogP) is 5.95. The minimum absolute atomic E-state index is 0.309. The average Bonchev–Trinajstić information content (AvgIpc) is 3.11. The molecule has 0 saturated carbocycles. The number of rotatable bonds is 13. The van der Waals surface area contributed by atoms with E-state index in [0.717, 1.165) is 35.2 Å². The molecule has 0 unspecified atom stereocenters. The molecule has 264 valence electrons. The van der Waals surface area contributed by atoms with Gasteiger partial charge in [-0.15, -0.1) is 6.42 Å². The number of hydrogen-bond donors (Lipinski definition) is 3. The van der Waals surface area contributed by atoms with E-state index < -0.39 is 23.6 Å². The summed E-state index contributed by atoms with van der Waals surface area (Å²) in [6, 6.07) is 18.2. The largest absolute Gasteiger partial charge is 0.493 e. The lowest BCUT2D eigenvalue weighted by Crippen LogP contribution is -2.48. The lowest BCUT2D eigenvalue weighted by atomic mass is 9.91. The molecule has 1 aliphatic heterocycles. The van der Waals surface area contributed by atoms with E-state index >= 15 is 0 Å². The Morgan fingerprint density at radius 1 is 0.880 bits per heavy atom. The second-order valence-corrected chi connectivity index (χ2v) is 11.2. The van der Waals surface area contributed by atoms with Crippen LogP contribution in [0.5, 0.6) is 11.5 Å². The van der Waals surface area contributed by atoms with Crippen LogP contribution in [0.4, 0.5) is 13.6 Å². The second kappa shape index (κ2) is 19.4. The van der Waals surface area contributed by atoms with Crippen molar-refractivity contribution < 1.29 is 47.6 Å². The Bertz CT molecular complexity index is 1630. The standard InChI is InChI=1S/C34H36F2N2O4.C4H4O4/c1-4-34(42-33(39)37-20-17-25-7-16-31(40-2)32(24-25)41-3)18-22-38(23-19-34)21-5-6-30(26-8-12-28(35)13-9-26)27-10-14-29(36)15-11-27;5-3(6)1-2-4(7)8/h1,6-16,24H,5,17-23H2,2-3H3,(H,37,39);1-2H,(H,5,6)(H,7,8)/b;2-1-. The van der Waals surface area contributed by atoms with Gasteiger partial charge in [-0.25, -0.2) is 23.2 Å². The number of nitrogens with one attached hydrogen (secondary N) is 1. The summed E-state index contributed by atoms with van der Waals surface area (Å²) in [5.74, 6) is 0.865. The first-order chi connectivity index (χ1) is 24.0. The summed E-state index contributed by atoms with van der Waals surface area (Å²) in [5, 5.41) is 18.4. The van der Waals surface area contributed by atoms with E-state index in [0.29, 0.717) is 62.5 Å². The van der Waals surface area contributed by atoms with Crippen LogP contribution in [0.25, 0.3) is 5.57 Å². The van der Waals surface area contributed by atoms with E-state index in [-0.39, 0.29) is 11.6 Å². The van der Waals surface area contributed by atoms with E-state index in [1.165, 1.54) is 24.3 Å². The van der Waals surface area contributed by atoms with Gasteiger partial charge in [0.1, 0.15) is 11.6 Å². The van der Waals surface area contributed by atoms with Crippen LogP contribution >= 0.6 is 0 Å². The van der Waals surface area contributed by atoms with Crippen molar-refractivity contribution in [2.24, 2.45) is 0 Å². The third-order valence-electron chi connectivity index (χ3n) is 7.82. The van der Waals surface area contributed by atoms with Gasteiger partial charge in [-0.05, 0) is 71.5 Å². The smallest absolute Gasteiger partial charge is 0.408 e. The molecule has 12 heteroatoms. The van der Waals surface area contributed by atoms with Crippen molar-refractivity contribution in [3.05, 3.63) is 113 Å². The number of hydrogen-bond acceptors (Lipinski definition) is 7. The molecule has 10 nitrogen and oxygen atoms in total. The fourth-order valence-electron chi connectivity index (χ4n) is 5.17. The topological polar surface area (TPSA) is 135 Å². The number of halogens is 2. The Balaban J connectivity index is 0.000000753. The summed E-state index contributed by atoms with van der Waals surface area (Å²) in [5.41, 5.74) is 2.67. The number of likely N-dealkylation sites (tertiary alicyclic amines) is 1. The fourth-order valence-corrected chi connectivity index (χ4v) is 5.17. The molecule has 50 heavy (non-hydrogen) atoms. The lowest BCUT2D eigenvalue weighted by Gasteiger charge is -2.37. The zero-order valence-electron chi connectivity index (χ0n) is 27.9. The molecule has 1 aliphatic rings. The van der Waals surface area contributed by atoms with Crippen molar-refractivity contribution >= 4 is 23.6 Å². The number of alkyl carbamates (subject to hydrolysis) is 1. The van der Waals surface area contributed by atoms with E-state index in [4.69, 9.17) is 30.8 Å². The molecule has 1 heterocycles. The number of benzene rings is 3. The van der Waals surface area contributed by atoms with Crippen molar-refractivity contribution in [3.63, 3.8) is 0 Å². The number of carboxylic acids is 2. The van der Waals surface area contributed by atoms with E-state index in [9.17, 15) is 23.2 Å². The van der Waals surface area contributed by atoms with Gasteiger partial charge in [0.25, 0.3) is 0 Å². The van der Waals surface area contributed by atoms with Crippen LogP contribution in [0.1, 0.15) is 36.0 Å². The monoisotopic (exact) mass is 690 g/mol. The normalized spacial score (nSPS) is 13.6. The first kappa shape index (κ1) is 38.8. The Labute approximate surface area is 290 Å². The Kier molecular flexibility index (Phi) is 15.0. The predicted molar refractivity (Wildman–Crippen MR) is 184 cm³/mol. The number of amides is 1. The molecule has 3 N–H and O–H groups in total. The van der Waals surface area contributed by atoms with Gasteiger partial charge < -0.3 is 34.6 Å². The first-order valence-electron chi connectivity index (χ1n) is 15.7. The number of piperidine rings is 1. The highest BCUT2D eigenvalue weighted by Crippen LogP contribution is 2.29. The zero-order chi connectivity index (χ0) is 36.5. The van der Waals surface area contributed by atoms with Crippen molar-refractivity contribution in [2.75, 3.05) is 40.4 Å². The van der Waals surface area contributed by atoms with Gasteiger partial charge in [0.05, 0.1) is 14.2 Å². The number of carbonyl (C=O) groups is 3. The molecule has 1 fully saturated rings. The fraction of sp³-hybridized carbons (Fsp3) is 0.289. The summed E-state index contributed by atoms with van der Waals surface area (Å²) in [6.07, 6.45) is 10.9. The SMILES string of the molecule is C#CC1(OC(=O)NCCc2ccc(OC)c(OC)c2)CCN(CCC=C(c2ccc(F)cc2)c2ccc(F)cc2)CC1.O=C(O)/C=C\C(=O)O. The number of carbonyl (C=O) groups excluding carboxylic acids is 1. The van der Waals surface area contributed by atoms with Crippen LogP contribution in [-0.4, -0.2) is 79.1 Å². The van der Waals surface area contributed by atoms with Gasteiger partial charge in [-0.2, -0.15) is 0 Å². The summed E-state index contributed by atoms with van der Waals surface area (Å²) in [7, 11) is 3.16. The van der Waals surface area contributed by atoms with Crippen LogP contribution in [0.2, 0.25) is 0 Å². The molecule has 0 radical (unpaired) electrons. The molecular formula is C38H40F2N2O8. The third-order valence-corrected chi connectivity index (χ3v) is 7.82. The minimum Gasteiger partial charge on any atom is -0.493 e. The summed E-state index contributed by atoms with van der Waals surface area (Å²) in [6.45, 7) is 2.51. The molecule has 0 aromatic heterocycles. The van der Waals surface area contributed by atoms with Gasteiger partial charge in [0.2, 0.25) is 0 Å². The Morgan fingerprint density at radius 3 is 1.90 bits per heavy atom. The Morgan fingerprint density at radius 2 is 1.42 bits per heavy atom. The molecule has 1 amide bonds. The number of nitrogens with zero attached hydrogens (tertiary/aromatic N) is 1. The van der Waals surface area contributed by atoms with Gasteiger partial charge in [0.15, 0.2) is 17.1 Å². The van der Waals surface area contributed by atoms with Crippen LogP contribution < -0.4 is 14.8 Å². The highest BCUT2D eigenvalue weighted by Gasteiger charge is 2.36. The van der Waals surface area contributed by atoms with Gasteiger partial charge >= 0.3 is 18.0 Å². The number of methoxy groups -OCH3 is 2. The highest BCUT2D eigenvalue weighted by molar-refractivity contribution is 5.89. The van der Waals surface area contributed by atoms with Crippen molar-refractivity contribution in [3.8, 4) is 23.8 Å². The lowest BCUT2D eigenvalue weighted by molar-refractivity contribution is -0.134. The summed E-state index contributed by atoms with van der Waals surface area (Å²) in [4.78, 5) is 34.0. The van der Waals surface area contributed by atoms with Gasteiger partial charge in [-0.3, -0.25) is 0 Å². The minimum atomic E-state index is -1.26. The number of aliphatic carboxylic acids is 2. The zero-order valence-corrected chi connectivity index (χ0v) is 27.9. The maximum absolute atomic E-state index is 13.5. The maximum atomic E-state index is 13.5. The molecule has 4 rings (SSSR count). The molecule has 0 aliphatic carbocycles. The second-order valence-electron chi connectivity index (χ2n) is 11.2. The van der Waals surface area contributed by atoms with E-state index in [2.05, 4.69) is 22.2 Å². The quantitative estimate of drug-likeness (QED) is 0.147. The number of terminal acetylenes is 1. The molecule has 0 spiro atoms. The van der Waals surface area contributed by atoms with Crippen LogP contribution in [0.3, 0.4) is 0 Å². The number of carboxylic acid groups (broad SMARTS) is 2. The van der Waals surface area contributed by atoms with Crippen LogP contribution in [-0.2, 0) is 20.7 Å². The third kappa shape index (κ3) is 12.4. The molecule has 1 saturated heterocycles. The molecule has 3 aromatic carbocycles. The highest BCUT2D eigenvalue weighted by atomic mass is 19.1. The Hall–Kier alpha value is -5.67. The van der Waals surface area contributed by atoms with E-state index in [1.807, 2.05) is 18.2 Å². The number of ether oxygens (including phenoxy) is 3. The van der Waals surface area contributed by atoms with Gasteiger partial charge in [-0.1, -0.05) is 42.3 Å². The summed E-state index contributed by atoms with van der Waals surface area (Å²) < 4.78 is 43.4. The summed E-state index contributed by atoms with van der Waals surface area (Å²) >= 11 is 0. The molecule has 0 atom stereocenters. The molecular weight excluding hydrogens is 650 g/mol. The first-order valence-corrected chi connectivity index (χ1v) is 15.7. The van der Waals surface area contributed by atoms with Gasteiger partial charge in [0, 0.05) is 51.2 Å². The molecule has 3 aromatic rings. The van der Waals surface area contributed by atoms with E-state index in [1.54, 1.807) is 38.5 Å². The van der Waals surface area contributed by atoms with Crippen LogP contribution in [0.15, 0.2) is 85.0 Å². The molecule has 0 bridgehead atoms. The average molecular weight is 691 g/mol. The van der Waals surface area contributed by atoms with Crippen molar-refractivity contribution in [1.29, 1.82) is 0 Å². The van der Waals surface area contributed by atoms with Crippen LogP contribution in [0, 0.1) is 24.0 Å².